The minimum absolute atomic E-state index is 0.105. The zero-order valence-corrected chi connectivity index (χ0v) is 13.2. The second kappa shape index (κ2) is 7.13. The molecule has 3 rings (SSSR count). The van der Waals surface area contributed by atoms with E-state index in [1.807, 2.05) is 30.3 Å². The molecular weight excluding hydrogens is 294 g/mol. The van der Waals surface area contributed by atoms with Crippen LogP contribution in [-0.2, 0) is 14.3 Å². The van der Waals surface area contributed by atoms with Crippen molar-refractivity contribution in [3.8, 4) is 0 Å². The zero-order chi connectivity index (χ0) is 16.2. The number of carboxylic acid groups (broad SMARTS) is 1. The average Bonchev–Trinajstić information content (AvgIpc) is 3.24. The summed E-state index contributed by atoms with van der Waals surface area (Å²) in [5, 5.41) is 9.13. The third kappa shape index (κ3) is 3.72. The second-order valence-corrected chi connectivity index (χ2v) is 6.44. The summed E-state index contributed by atoms with van der Waals surface area (Å²) < 4.78 is 6.13. The Hall–Kier alpha value is -1.88. The molecule has 1 heterocycles. The first-order valence-corrected chi connectivity index (χ1v) is 8.37. The molecule has 1 aromatic carbocycles. The molecule has 0 spiro atoms. The van der Waals surface area contributed by atoms with E-state index in [2.05, 4.69) is 0 Å². The van der Waals surface area contributed by atoms with Gasteiger partial charge in [-0.1, -0.05) is 43.2 Å². The third-order valence-electron chi connectivity index (χ3n) is 4.81. The number of carbonyl (C=O) groups is 2. The Morgan fingerprint density at radius 3 is 2.43 bits per heavy atom. The van der Waals surface area contributed by atoms with Crippen LogP contribution in [0.5, 0.6) is 0 Å². The van der Waals surface area contributed by atoms with E-state index >= 15 is 0 Å². The van der Waals surface area contributed by atoms with E-state index in [9.17, 15) is 9.59 Å². The summed E-state index contributed by atoms with van der Waals surface area (Å²) >= 11 is 0. The highest BCUT2D eigenvalue weighted by Crippen LogP contribution is 2.30. The van der Waals surface area contributed by atoms with E-state index in [0.29, 0.717) is 13.0 Å². The van der Waals surface area contributed by atoms with Crippen LogP contribution >= 0.6 is 0 Å². The summed E-state index contributed by atoms with van der Waals surface area (Å²) in [7, 11) is 0. The highest BCUT2D eigenvalue weighted by Gasteiger charge is 2.36. The van der Waals surface area contributed by atoms with Crippen molar-refractivity contribution in [1.29, 1.82) is 0 Å². The van der Waals surface area contributed by atoms with Crippen LogP contribution in [0, 0.1) is 5.92 Å². The summed E-state index contributed by atoms with van der Waals surface area (Å²) in [5.41, 5.74) is 0.850. The number of carboxylic acids is 1. The first kappa shape index (κ1) is 16.0. The van der Waals surface area contributed by atoms with Crippen molar-refractivity contribution in [2.24, 2.45) is 5.92 Å². The molecule has 1 aromatic rings. The molecule has 0 unspecified atom stereocenters. The summed E-state index contributed by atoms with van der Waals surface area (Å²) in [4.78, 5) is 25.7. The van der Waals surface area contributed by atoms with Crippen LogP contribution in [0.15, 0.2) is 30.3 Å². The minimum Gasteiger partial charge on any atom is -0.481 e. The summed E-state index contributed by atoms with van der Waals surface area (Å²) in [6.45, 7) is 0.776. The molecule has 1 aliphatic carbocycles. The van der Waals surface area contributed by atoms with Crippen molar-refractivity contribution in [2.45, 2.75) is 44.3 Å². The van der Waals surface area contributed by atoms with Crippen molar-refractivity contribution in [1.82, 2.24) is 4.90 Å². The molecule has 1 amide bonds. The van der Waals surface area contributed by atoms with Crippen LogP contribution in [0.3, 0.4) is 0 Å². The lowest BCUT2D eigenvalue weighted by molar-refractivity contribution is -0.148. The van der Waals surface area contributed by atoms with Gasteiger partial charge in [0.25, 0.3) is 5.91 Å². The van der Waals surface area contributed by atoms with Gasteiger partial charge >= 0.3 is 5.97 Å². The van der Waals surface area contributed by atoms with E-state index < -0.39 is 18.0 Å². The Bertz CT molecular complexity index is 553. The van der Waals surface area contributed by atoms with Gasteiger partial charge in [0.05, 0.1) is 12.0 Å². The van der Waals surface area contributed by atoms with E-state index in [1.54, 1.807) is 4.90 Å². The van der Waals surface area contributed by atoms with Crippen molar-refractivity contribution in [3.05, 3.63) is 35.9 Å². The van der Waals surface area contributed by atoms with Crippen molar-refractivity contribution < 1.29 is 19.4 Å². The largest absolute Gasteiger partial charge is 0.481 e. The molecule has 2 aliphatic rings. The van der Waals surface area contributed by atoms with Gasteiger partial charge in [-0.25, -0.2) is 0 Å². The van der Waals surface area contributed by atoms with Crippen LogP contribution in [-0.4, -0.2) is 41.1 Å². The molecule has 5 nitrogen and oxygen atoms in total. The standard InChI is InChI=1S/C18H23NO4/c20-17(19-11-10-14(12-19)18(21)22)16(13-6-2-1-3-7-13)23-15-8-4-5-9-15/h1-3,6-7,14-16H,4-5,8-12H2,(H,21,22)/t14-,16+/m0/s1. The smallest absolute Gasteiger partial charge is 0.308 e. The Morgan fingerprint density at radius 1 is 1.13 bits per heavy atom. The monoisotopic (exact) mass is 317 g/mol. The van der Waals surface area contributed by atoms with Crippen molar-refractivity contribution >= 4 is 11.9 Å². The number of hydrogen-bond donors (Lipinski definition) is 1. The molecule has 1 saturated heterocycles. The van der Waals surface area contributed by atoms with Gasteiger partial charge in [0, 0.05) is 13.1 Å². The maximum atomic E-state index is 12.9. The van der Waals surface area contributed by atoms with Gasteiger partial charge in [-0.05, 0) is 24.8 Å². The van der Waals surface area contributed by atoms with Gasteiger partial charge in [-0.3, -0.25) is 9.59 Å². The number of rotatable bonds is 5. The minimum atomic E-state index is -0.826. The van der Waals surface area contributed by atoms with Crippen LogP contribution in [0.25, 0.3) is 0 Å². The van der Waals surface area contributed by atoms with Gasteiger partial charge in [0.1, 0.15) is 0 Å². The topological polar surface area (TPSA) is 66.8 Å². The van der Waals surface area contributed by atoms with Gasteiger partial charge in [-0.2, -0.15) is 0 Å². The Kier molecular flexibility index (Phi) is 4.96. The molecule has 23 heavy (non-hydrogen) atoms. The number of nitrogens with zero attached hydrogens (tertiary/aromatic N) is 1. The zero-order valence-electron chi connectivity index (χ0n) is 13.2. The normalized spacial score (nSPS) is 23.1. The number of hydrogen-bond acceptors (Lipinski definition) is 3. The first-order valence-electron chi connectivity index (χ1n) is 8.37. The number of aliphatic carboxylic acids is 1. The first-order chi connectivity index (χ1) is 11.1. The van der Waals surface area contributed by atoms with E-state index in [4.69, 9.17) is 9.84 Å². The molecule has 0 bridgehead atoms. The van der Waals surface area contributed by atoms with Gasteiger partial charge in [-0.15, -0.1) is 0 Å². The molecular formula is C18H23NO4. The fraction of sp³-hybridized carbons (Fsp3) is 0.556. The van der Waals surface area contributed by atoms with E-state index in [1.165, 1.54) is 0 Å². The summed E-state index contributed by atoms with van der Waals surface area (Å²) in [5.74, 6) is -1.39. The fourth-order valence-electron chi connectivity index (χ4n) is 3.45. The van der Waals surface area contributed by atoms with Gasteiger partial charge in [0.2, 0.25) is 0 Å². The average molecular weight is 317 g/mol. The molecule has 1 saturated carbocycles. The summed E-state index contributed by atoms with van der Waals surface area (Å²) in [6, 6.07) is 9.52. The Balaban J connectivity index is 1.74. The number of likely N-dealkylation sites (tertiary alicyclic amines) is 1. The molecule has 1 aliphatic heterocycles. The third-order valence-corrected chi connectivity index (χ3v) is 4.81. The van der Waals surface area contributed by atoms with E-state index in [0.717, 1.165) is 31.2 Å². The second-order valence-electron chi connectivity index (χ2n) is 6.44. The molecule has 5 heteroatoms. The van der Waals surface area contributed by atoms with Crippen LogP contribution in [0.4, 0.5) is 0 Å². The van der Waals surface area contributed by atoms with Crippen molar-refractivity contribution in [2.75, 3.05) is 13.1 Å². The highest BCUT2D eigenvalue weighted by molar-refractivity contribution is 5.83. The molecule has 2 atom stereocenters. The van der Waals surface area contributed by atoms with Gasteiger partial charge < -0.3 is 14.7 Å². The molecule has 0 aromatic heterocycles. The fourth-order valence-corrected chi connectivity index (χ4v) is 3.45. The number of benzene rings is 1. The molecule has 124 valence electrons. The SMILES string of the molecule is O=C(O)[C@H]1CCN(C(=O)[C@H](OC2CCCC2)c2ccccc2)C1. The van der Waals surface area contributed by atoms with Crippen LogP contribution in [0.2, 0.25) is 0 Å². The van der Waals surface area contributed by atoms with Crippen molar-refractivity contribution in [3.63, 3.8) is 0 Å². The van der Waals surface area contributed by atoms with E-state index in [-0.39, 0.29) is 18.6 Å². The van der Waals surface area contributed by atoms with Gasteiger partial charge in [0.15, 0.2) is 6.10 Å². The quantitative estimate of drug-likeness (QED) is 0.906. The molecule has 0 radical (unpaired) electrons. The maximum absolute atomic E-state index is 12.9. The number of carbonyl (C=O) groups excluding carboxylic acids is 1. The van der Waals surface area contributed by atoms with Crippen LogP contribution in [0.1, 0.15) is 43.8 Å². The highest BCUT2D eigenvalue weighted by atomic mass is 16.5. The lowest BCUT2D eigenvalue weighted by Crippen LogP contribution is -2.36. The predicted octanol–water partition coefficient (Wildman–Crippen LogP) is 2.62. The summed E-state index contributed by atoms with van der Waals surface area (Å²) in [6.07, 6.45) is 4.30. The van der Waals surface area contributed by atoms with Crippen LogP contribution < -0.4 is 0 Å². The molecule has 1 N–H and O–H groups in total. The number of ether oxygens (including phenoxy) is 1. The Labute approximate surface area is 136 Å². The lowest BCUT2D eigenvalue weighted by Gasteiger charge is -2.26. The molecule has 2 fully saturated rings. The Morgan fingerprint density at radius 2 is 1.83 bits per heavy atom. The lowest BCUT2D eigenvalue weighted by atomic mass is 10.1. The maximum Gasteiger partial charge on any atom is 0.308 e. The number of amides is 1. The predicted molar refractivity (Wildman–Crippen MR) is 84.8 cm³/mol.